The van der Waals surface area contributed by atoms with Crippen LogP contribution in [0.2, 0.25) is 0 Å². The first-order valence-electron chi connectivity index (χ1n) is 14.5. The van der Waals surface area contributed by atoms with E-state index in [9.17, 15) is 12.8 Å². The Morgan fingerprint density at radius 1 is 0.977 bits per heavy atom. The normalized spacial score (nSPS) is 14.5. The van der Waals surface area contributed by atoms with Gasteiger partial charge in [-0.05, 0) is 96.7 Å². The maximum Gasteiger partial charge on any atom is 0.209 e. The molecule has 6 heterocycles. The molecule has 0 saturated carbocycles. The van der Waals surface area contributed by atoms with Gasteiger partial charge in [0, 0.05) is 42.6 Å². The van der Waals surface area contributed by atoms with Gasteiger partial charge in [-0.1, -0.05) is 6.42 Å². The number of aromatic nitrogens is 6. The molecule has 44 heavy (non-hydrogen) atoms. The van der Waals surface area contributed by atoms with Gasteiger partial charge in [-0.2, -0.15) is 5.10 Å². The van der Waals surface area contributed by atoms with Gasteiger partial charge in [0.15, 0.2) is 0 Å². The molecule has 0 bridgehead atoms. The maximum absolute atomic E-state index is 14.6. The highest BCUT2D eigenvalue weighted by molar-refractivity contribution is 7.88. The molecule has 1 aromatic carbocycles. The van der Waals surface area contributed by atoms with Gasteiger partial charge in [-0.15, -0.1) is 0 Å². The van der Waals surface area contributed by atoms with E-state index >= 15 is 0 Å². The molecule has 10 nitrogen and oxygen atoms in total. The standard InChI is InChI=1S/C32H31FN8O2S/c1-44(42,43)36-17-20-11-22(14-24(33)13-20)25-7-8-35-32-26(25)15-29(38-32)31-30-28(39-40-31)6-5-27(37-30)23-12-21(16-34-18-23)19-41-9-3-2-4-10-41/h5-8,11-16,18,36H,2-4,9-10,17,19H2,1H3,(H,35,38)(H,39,40). The van der Waals surface area contributed by atoms with E-state index in [2.05, 4.69) is 40.8 Å². The van der Waals surface area contributed by atoms with Crippen LogP contribution >= 0.6 is 0 Å². The molecule has 1 aliphatic rings. The van der Waals surface area contributed by atoms with E-state index in [4.69, 9.17) is 4.98 Å². The number of hydrogen-bond donors (Lipinski definition) is 3. The van der Waals surface area contributed by atoms with Gasteiger partial charge < -0.3 is 4.98 Å². The smallest absolute Gasteiger partial charge is 0.209 e. The Labute approximate surface area is 253 Å². The number of rotatable bonds is 8. The van der Waals surface area contributed by atoms with E-state index in [1.807, 2.05) is 36.7 Å². The monoisotopic (exact) mass is 610 g/mol. The number of aromatic amines is 2. The third-order valence-electron chi connectivity index (χ3n) is 7.95. The minimum Gasteiger partial charge on any atom is -0.338 e. The average Bonchev–Trinajstić information content (AvgIpc) is 3.64. The summed E-state index contributed by atoms with van der Waals surface area (Å²) in [7, 11) is -3.43. The summed E-state index contributed by atoms with van der Waals surface area (Å²) in [6.07, 6.45) is 10.3. The van der Waals surface area contributed by atoms with E-state index in [-0.39, 0.29) is 6.54 Å². The van der Waals surface area contributed by atoms with Crippen molar-refractivity contribution in [1.29, 1.82) is 0 Å². The molecule has 6 aromatic rings. The Morgan fingerprint density at radius 3 is 2.66 bits per heavy atom. The van der Waals surface area contributed by atoms with Crippen molar-refractivity contribution >= 4 is 32.1 Å². The van der Waals surface area contributed by atoms with Crippen LogP contribution in [0, 0.1) is 5.82 Å². The third kappa shape index (κ3) is 5.96. The second-order valence-corrected chi connectivity index (χ2v) is 13.2. The Kier molecular flexibility index (Phi) is 7.40. The quantitative estimate of drug-likeness (QED) is 0.210. The molecule has 3 N–H and O–H groups in total. The Hall–Kier alpha value is -4.52. The van der Waals surface area contributed by atoms with Crippen LogP contribution in [0.4, 0.5) is 4.39 Å². The van der Waals surface area contributed by atoms with E-state index in [0.29, 0.717) is 33.7 Å². The molecule has 0 unspecified atom stereocenters. The number of sulfonamides is 1. The zero-order valence-corrected chi connectivity index (χ0v) is 25.0. The number of benzene rings is 1. The molecule has 12 heteroatoms. The number of hydrogen-bond acceptors (Lipinski definition) is 7. The predicted octanol–water partition coefficient (Wildman–Crippen LogP) is 5.40. The Morgan fingerprint density at radius 2 is 1.82 bits per heavy atom. The molecule has 5 aromatic heterocycles. The van der Waals surface area contributed by atoms with Crippen molar-refractivity contribution in [3.63, 3.8) is 0 Å². The summed E-state index contributed by atoms with van der Waals surface area (Å²) in [5.41, 5.74) is 8.25. The van der Waals surface area contributed by atoms with Crippen LogP contribution in [-0.2, 0) is 23.1 Å². The number of piperidine rings is 1. The van der Waals surface area contributed by atoms with E-state index in [1.165, 1.54) is 37.0 Å². The van der Waals surface area contributed by atoms with E-state index < -0.39 is 15.8 Å². The van der Waals surface area contributed by atoms with E-state index in [0.717, 1.165) is 53.6 Å². The first-order chi connectivity index (χ1) is 21.3. The first kappa shape index (κ1) is 28.3. The molecular weight excluding hydrogens is 579 g/mol. The maximum atomic E-state index is 14.6. The largest absolute Gasteiger partial charge is 0.338 e. The fourth-order valence-electron chi connectivity index (χ4n) is 5.87. The number of H-pyrrole nitrogens is 2. The van der Waals surface area contributed by atoms with Crippen molar-refractivity contribution in [2.45, 2.75) is 32.4 Å². The van der Waals surface area contributed by atoms with Gasteiger partial charge in [0.05, 0.1) is 23.2 Å². The van der Waals surface area contributed by atoms with Gasteiger partial charge in [-0.3, -0.25) is 15.0 Å². The number of likely N-dealkylation sites (tertiary alicyclic amines) is 1. The van der Waals surface area contributed by atoms with Crippen molar-refractivity contribution in [3.8, 4) is 33.8 Å². The summed E-state index contributed by atoms with van der Waals surface area (Å²) in [5.74, 6) is -0.460. The minimum absolute atomic E-state index is 0.0137. The van der Waals surface area contributed by atoms with Crippen LogP contribution in [0.3, 0.4) is 0 Å². The average molecular weight is 611 g/mol. The summed E-state index contributed by atoms with van der Waals surface area (Å²) in [6, 6.07) is 14.4. The fraction of sp³-hybridized carbons (Fsp3) is 0.250. The third-order valence-corrected chi connectivity index (χ3v) is 8.62. The number of nitrogens with zero attached hydrogens (tertiary/aromatic N) is 5. The lowest BCUT2D eigenvalue weighted by molar-refractivity contribution is 0.220. The highest BCUT2D eigenvalue weighted by atomic mass is 32.2. The molecule has 1 saturated heterocycles. The van der Waals surface area contributed by atoms with Crippen molar-refractivity contribution in [2.24, 2.45) is 0 Å². The summed E-state index contributed by atoms with van der Waals surface area (Å²) < 4.78 is 40.2. The second kappa shape index (κ2) is 11.5. The predicted molar refractivity (Wildman–Crippen MR) is 168 cm³/mol. The molecule has 0 radical (unpaired) electrons. The molecular formula is C32H31FN8O2S. The Bertz CT molecular complexity index is 2100. The lowest BCUT2D eigenvalue weighted by Crippen LogP contribution is -2.29. The zero-order valence-electron chi connectivity index (χ0n) is 24.1. The zero-order chi connectivity index (χ0) is 30.3. The molecule has 224 valence electrons. The number of fused-ring (bicyclic) bond motifs is 2. The molecule has 0 amide bonds. The van der Waals surface area contributed by atoms with Crippen LogP contribution in [0.15, 0.2) is 67.1 Å². The van der Waals surface area contributed by atoms with Crippen LogP contribution < -0.4 is 4.72 Å². The Balaban J connectivity index is 1.23. The van der Waals surface area contributed by atoms with Gasteiger partial charge >= 0.3 is 0 Å². The van der Waals surface area contributed by atoms with E-state index in [1.54, 1.807) is 12.3 Å². The molecule has 0 spiro atoms. The first-order valence-corrected chi connectivity index (χ1v) is 16.4. The topological polar surface area (TPSA) is 133 Å². The summed E-state index contributed by atoms with van der Waals surface area (Å²) in [5, 5.41) is 8.43. The number of halogens is 1. The molecule has 0 atom stereocenters. The lowest BCUT2D eigenvalue weighted by atomic mass is 10.0. The van der Waals surface area contributed by atoms with Gasteiger partial charge in [0.1, 0.15) is 22.7 Å². The fourth-order valence-corrected chi connectivity index (χ4v) is 6.29. The SMILES string of the molecule is CS(=O)(=O)NCc1cc(F)cc(-c2ccnc3[nH]c(-c4n[nH]c5ccc(-c6cncc(CN7CCCCC7)c6)nc45)cc23)c1. The number of pyridine rings is 3. The second-order valence-electron chi connectivity index (χ2n) is 11.3. The summed E-state index contributed by atoms with van der Waals surface area (Å²) in [6.45, 7) is 3.11. The van der Waals surface area contributed by atoms with Crippen molar-refractivity contribution in [3.05, 3.63) is 84.1 Å². The minimum atomic E-state index is -3.43. The lowest BCUT2D eigenvalue weighted by Gasteiger charge is -2.26. The molecule has 7 rings (SSSR count). The van der Waals surface area contributed by atoms with Crippen LogP contribution in [0.25, 0.3) is 55.8 Å². The van der Waals surface area contributed by atoms with Crippen LogP contribution in [-0.4, -0.2) is 62.8 Å². The number of nitrogens with one attached hydrogen (secondary N) is 3. The van der Waals surface area contributed by atoms with Crippen LogP contribution in [0.5, 0.6) is 0 Å². The van der Waals surface area contributed by atoms with Gasteiger partial charge in [-0.25, -0.2) is 27.5 Å². The molecule has 1 aliphatic heterocycles. The molecule has 0 aliphatic carbocycles. The highest BCUT2D eigenvalue weighted by Gasteiger charge is 2.17. The van der Waals surface area contributed by atoms with Gasteiger partial charge in [0.25, 0.3) is 0 Å². The van der Waals surface area contributed by atoms with Crippen molar-refractivity contribution in [1.82, 2.24) is 39.8 Å². The summed E-state index contributed by atoms with van der Waals surface area (Å²) in [4.78, 5) is 19.8. The van der Waals surface area contributed by atoms with Crippen molar-refractivity contribution in [2.75, 3.05) is 19.3 Å². The van der Waals surface area contributed by atoms with Crippen molar-refractivity contribution < 1.29 is 12.8 Å². The van der Waals surface area contributed by atoms with Crippen LogP contribution in [0.1, 0.15) is 30.4 Å². The summed E-state index contributed by atoms with van der Waals surface area (Å²) >= 11 is 0. The van der Waals surface area contributed by atoms with Gasteiger partial charge in [0.2, 0.25) is 10.0 Å². The highest BCUT2D eigenvalue weighted by Crippen LogP contribution is 2.34. The molecule has 1 fully saturated rings.